The predicted octanol–water partition coefficient (Wildman–Crippen LogP) is 3.03. The average molecular weight is 237 g/mol. The van der Waals surface area contributed by atoms with Gasteiger partial charge in [-0.25, -0.2) is 4.79 Å². The number of esters is 1. The van der Waals surface area contributed by atoms with Gasteiger partial charge in [0.1, 0.15) is 6.07 Å². The van der Waals surface area contributed by atoms with E-state index in [2.05, 4.69) is 0 Å². The summed E-state index contributed by atoms with van der Waals surface area (Å²) in [6.07, 6.45) is 0. The Morgan fingerprint density at radius 3 is 2.44 bits per heavy atom. The SMILES string of the molecule is N#CCOC(=O)c1ccccc1-c1ccccc1. The highest BCUT2D eigenvalue weighted by Gasteiger charge is 2.12. The van der Waals surface area contributed by atoms with Crippen LogP contribution in [-0.2, 0) is 4.74 Å². The van der Waals surface area contributed by atoms with Gasteiger partial charge in [0, 0.05) is 0 Å². The molecule has 0 spiro atoms. The summed E-state index contributed by atoms with van der Waals surface area (Å²) >= 11 is 0. The highest BCUT2D eigenvalue weighted by molar-refractivity contribution is 5.97. The second kappa shape index (κ2) is 5.65. The largest absolute Gasteiger partial charge is 0.447 e. The zero-order chi connectivity index (χ0) is 12.8. The van der Waals surface area contributed by atoms with Gasteiger partial charge >= 0.3 is 5.97 Å². The summed E-state index contributed by atoms with van der Waals surface area (Å²) in [5.74, 6) is -0.476. The molecule has 2 rings (SSSR count). The van der Waals surface area contributed by atoms with E-state index < -0.39 is 5.97 Å². The minimum Gasteiger partial charge on any atom is -0.447 e. The molecule has 0 fully saturated rings. The number of nitrogens with zero attached hydrogens (tertiary/aromatic N) is 1. The van der Waals surface area contributed by atoms with Crippen molar-refractivity contribution in [1.29, 1.82) is 5.26 Å². The van der Waals surface area contributed by atoms with Gasteiger partial charge in [-0.2, -0.15) is 5.26 Å². The zero-order valence-corrected chi connectivity index (χ0v) is 9.67. The number of rotatable bonds is 3. The highest BCUT2D eigenvalue weighted by atomic mass is 16.5. The molecule has 0 aliphatic heterocycles. The van der Waals surface area contributed by atoms with Crippen LogP contribution in [-0.4, -0.2) is 12.6 Å². The molecule has 88 valence electrons. The van der Waals surface area contributed by atoms with Crippen molar-refractivity contribution >= 4 is 5.97 Å². The third kappa shape index (κ3) is 2.55. The van der Waals surface area contributed by atoms with E-state index in [1.54, 1.807) is 18.2 Å². The first-order valence-electron chi connectivity index (χ1n) is 5.51. The van der Waals surface area contributed by atoms with Gasteiger partial charge in [0.05, 0.1) is 5.56 Å². The van der Waals surface area contributed by atoms with E-state index in [1.807, 2.05) is 42.5 Å². The van der Waals surface area contributed by atoms with Crippen molar-refractivity contribution in [1.82, 2.24) is 0 Å². The molecule has 0 amide bonds. The van der Waals surface area contributed by atoms with E-state index in [0.29, 0.717) is 5.56 Å². The quantitative estimate of drug-likeness (QED) is 0.771. The molecule has 0 aliphatic carbocycles. The fraction of sp³-hybridized carbons (Fsp3) is 0.0667. The second-order valence-corrected chi connectivity index (χ2v) is 3.65. The van der Waals surface area contributed by atoms with Crippen LogP contribution in [0, 0.1) is 11.3 Å². The smallest absolute Gasteiger partial charge is 0.339 e. The van der Waals surface area contributed by atoms with Crippen LogP contribution >= 0.6 is 0 Å². The molecule has 3 nitrogen and oxygen atoms in total. The van der Waals surface area contributed by atoms with Crippen molar-refractivity contribution in [3.8, 4) is 17.2 Å². The van der Waals surface area contributed by atoms with Crippen molar-refractivity contribution in [2.45, 2.75) is 0 Å². The Balaban J connectivity index is 2.38. The molecule has 0 heterocycles. The average Bonchev–Trinajstić information content (AvgIpc) is 2.45. The van der Waals surface area contributed by atoms with Gasteiger partial charge in [0.15, 0.2) is 6.61 Å². The molecule has 0 saturated heterocycles. The Bertz CT molecular complexity index is 585. The van der Waals surface area contributed by atoms with Gasteiger partial charge in [-0.3, -0.25) is 0 Å². The van der Waals surface area contributed by atoms with Crippen molar-refractivity contribution in [2.24, 2.45) is 0 Å². The number of hydrogen-bond acceptors (Lipinski definition) is 3. The molecule has 0 N–H and O–H groups in total. The van der Waals surface area contributed by atoms with Gasteiger partial charge in [-0.05, 0) is 17.2 Å². The van der Waals surface area contributed by atoms with Gasteiger partial charge < -0.3 is 4.74 Å². The Hall–Kier alpha value is -2.60. The summed E-state index contributed by atoms with van der Waals surface area (Å²) in [6.45, 7) is -0.234. The molecule has 0 aromatic heterocycles. The number of hydrogen-bond donors (Lipinski definition) is 0. The van der Waals surface area contributed by atoms with Crippen LogP contribution in [0.1, 0.15) is 10.4 Å². The molecule has 18 heavy (non-hydrogen) atoms. The van der Waals surface area contributed by atoms with Crippen molar-refractivity contribution in [2.75, 3.05) is 6.61 Å². The fourth-order valence-corrected chi connectivity index (χ4v) is 1.71. The molecule has 2 aromatic rings. The lowest BCUT2D eigenvalue weighted by atomic mass is 10.00. The summed E-state index contributed by atoms with van der Waals surface area (Å²) in [4.78, 5) is 11.8. The van der Waals surface area contributed by atoms with E-state index >= 15 is 0 Å². The summed E-state index contributed by atoms with van der Waals surface area (Å²) in [5, 5.41) is 8.42. The lowest BCUT2D eigenvalue weighted by Crippen LogP contribution is -2.06. The van der Waals surface area contributed by atoms with Gasteiger partial charge in [0.25, 0.3) is 0 Å². The first-order chi connectivity index (χ1) is 8.83. The van der Waals surface area contributed by atoms with E-state index in [9.17, 15) is 4.79 Å². The minimum atomic E-state index is -0.476. The summed E-state index contributed by atoms with van der Waals surface area (Å²) in [7, 11) is 0. The maximum atomic E-state index is 11.8. The standard InChI is InChI=1S/C15H11NO2/c16-10-11-18-15(17)14-9-5-4-8-13(14)12-6-2-1-3-7-12/h1-9H,11H2. The monoisotopic (exact) mass is 237 g/mol. The number of carbonyl (C=O) groups excluding carboxylic acids is 1. The van der Waals surface area contributed by atoms with E-state index in [1.165, 1.54) is 0 Å². The number of carbonyl (C=O) groups is 1. The first-order valence-corrected chi connectivity index (χ1v) is 5.51. The number of nitriles is 1. The van der Waals surface area contributed by atoms with Crippen LogP contribution < -0.4 is 0 Å². The first kappa shape index (κ1) is 11.9. The Morgan fingerprint density at radius 2 is 1.72 bits per heavy atom. The molecule has 0 unspecified atom stereocenters. The predicted molar refractivity (Wildman–Crippen MR) is 67.8 cm³/mol. The molecule has 0 aliphatic rings. The maximum Gasteiger partial charge on any atom is 0.339 e. The molecular formula is C15H11NO2. The van der Waals surface area contributed by atoms with Crippen LogP contribution in [0.15, 0.2) is 54.6 Å². The summed E-state index contributed by atoms with van der Waals surface area (Å²) in [6, 6.07) is 18.6. The molecule has 0 radical (unpaired) electrons. The normalized spacial score (nSPS) is 9.50. The van der Waals surface area contributed by atoms with Gasteiger partial charge in [-0.1, -0.05) is 48.5 Å². The van der Waals surface area contributed by atoms with Gasteiger partial charge in [0.2, 0.25) is 0 Å². The summed E-state index contributed by atoms with van der Waals surface area (Å²) in [5.41, 5.74) is 2.22. The molecule has 0 saturated carbocycles. The highest BCUT2D eigenvalue weighted by Crippen LogP contribution is 2.23. The van der Waals surface area contributed by atoms with E-state index in [-0.39, 0.29) is 6.61 Å². The fourth-order valence-electron chi connectivity index (χ4n) is 1.71. The zero-order valence-electron chi connectivity index (χ0n) is 9.67. The van der Waals surface area contributed by atoms with Crippen LogP contribution in [0.2, 0.25) is 0 Å². The van der Waals surface area contributed by atoms with Crippen LogP contribution in [0.3, 0.4) is 0 Å². The Morgan fingerprint density at radius 1 is 1.06 bits per heavy atom. The topological polar surface area (TPSA) is 50.1 Å². The van der Waals surface area contributed by atoms with Crippen molar-refractivity contribution < 1.29 is 9.53 Å². The molecule has 3 heteroatoms. The maximum absolute atomic E-state index is 11.8. The van der Waals surface area contributed by atoms with E-state index in [4.69, 9.17) is 10.00 Å². The third-order valence-electron chi connectivity index (χ3n) is 2.50. The van der Waals surface area contributed by atoms with Crippen LogP contribution in [0.5, 0.6) is 0 Å². The third-order valence-corrected chi connectivity index (χ3v) is 2.50. The van der Waals surface area contributed by atoms with Gasteiger partial charge in [-0.15, -0.1) is 0 Å². The lowest BCUT2D eigenvalue weighted by molar-refractivity contribution is 0.0556. The molecular weight excluding hydrogens is 226 g/mol. The lowest BCUT2D eigenvalue weighted by Gasteiger charge is -2.08. The second-order valence-electron chi connectivity index (χ2n) is 3.65. The Labute approximate surface area is 105 Å². The minimum absolute atomic E-state index is 0.234. The number of ether oxygens (including phenoxy) is 1. The summed E-state index contributed by atoms with van der Waals surface area (Å²) < 4.78 is 4.84. The van der Waals surface area contributed by atoms with Crippen LogP contribution in [0.4, 0.5) is 0 Å². The number of benzene rings is 2. The molecule has 0 bridgehead atoms. The van der Waals surface area contributed by atoms with Crippen molar-refractivity contribution in [3.05, 3.63) is 60.2 Å². The Kier molecular flexibility index (Phi) is 3.72. The molecule has 2 aromatic carbocycles. The van der Waals surface area contributed by atoms with Crippen LogP contribution in [0.25, 0.3) is 11.1 Å². The van der Waals surface area contributed by atoms with Crippen molar-refractivity contribution in [3.63, 3.8) is 0 Å². The van der Waals surface area contributed by atoms with E-state index in [0.717, 1.165) is 11.1 Å². The molecule has 0 atom stereocenters.